The average molecular weight is 427 g/mol. The third-order valence-electron chi connectivity index (χ3n) is 6.40. The second kappa shape index (κ2) is 8.07. The van der Waals surface area contributed by atoms with E-state index in [2.05, 4.69) is 36.1 Å². The minimum absolute atomic E-state index is 0.110. The van der Waals surface area contributed by atoms with Crippen LogP contribution in [0.4, 0.5) is 16.8 Å². The van der Waals surface area contributed by atoms with Crippen molar-refractivity contribution in [3.05, 3.63) is 23.5 Å². The molecule has 3 fully saturated rings. The Hall–Kier alpha value is -2.32. The molecule has 3 aliphatic rings. The van der Waals surface area contributed by atoms with E-state index in [1.807, 2.05) is 13.1 Å². The van der Waals surface area contributed by atoms with Crippen LogP contribution >= 0.6 is 11.3 Å². The van der Waals surface area contributed by atoms with E-state index in [1.54, 1.807) is 11.7 Å². The second-order valence-corrected chi connectivity index (χ2v) is 9.20. The van der Waals surface area contributed by atoms with Crippen molar-refractivity contribution in [2.45, 2.75) is 24.9 Å². The summed E-state index contributed by atoms with van der Waals surface area (Å²) >= 11 is 1.52. The maximum atomic E-state index is 9.56. The summed E-state index contributed by atoms with van der Waals surface area (Å²) < 4.78 is 5.70. The number of hydrogen-bond acceptors (Lipinski definition) is 10. The Morgan fingerprint density at radius 1 is 1.33 bits per heavy atom. The molecule has 0 spiro atoms. The lowest BCUT2D eigenvalue weighted by molar-refractivity contribution is -0.0753. The van der Waals surface area contributed by atoms with Crippen molar-refractivity contribution in [3.8, 4) is 6.07 Å². The Morgan fingerprint density at radius 2 is 2.23 bits per heavy atom. The lowest BCUT2D eigenvalue weighted by Crippen LogP contribution is -2.74. The molecule has 0 aromatic carbocycles. The quantitative estimate of drug-likeness (QED) is 0.763. The second-order valence-electron chi connectivity index (χ2n) is 8.32. The third kappa shape index (κ3) is 3.63. The summed E-state index contributed by atoms with van der Waals surface area (Å²) in [6.45, 7) is 9.33. The van der Waals surface area contributed by atoms with Gasteiger partial charge in [0.25, 0.3) is 0 Å². The molecule has 158 valence electrons. The van der Waals surface area contributed by atoms with E-state index in [-0.39, 0.29) is 5.54 Å². The molecule has 0 unspecified atom stereocenters. The van der Waals surface area contributed by atoms with E-state index in [4.69, 9.17) is 9.72 Å². The van der Waals surface area contributed by atoms with Crippen LogP contribution in [0.15, 0.2) is 17.9 Å². The summed E-state index contributed by atoms with van der Waals surface area (Å²) in [6.07, 6.45) is 4.16. The SMILES string of the molecule is Cc1cnc(Nc2cncs2)nc1N1CC(CC#N)(N2CCN3CCOC[C@H]3C2)C1. The summed E-state index contributed by atoms with van der Waals surface area (Å²) in [4.78, 5) is 20.6. The van der Waals surface area contributed by atoms with Gasteiger partial charge in [-0.25, -0.2) is 4.98 Å². The highest BCUT2D eigenvalue weighted by Crippen LogP contribution is 2.37. The first-order valence-electron chi connectivity index (χ1n) is 10.3. The number of aryl methyl sites for hydroxylation is 1. The van der Waals surface area contributed by atoms with Gasteiger partial charge in [0.2, 0.25) is 5.95 Å². The van der Waals surface area contributed by atoms with Crippen LogP contribution in [0, 0.1) is 18.3 Å². The molecule has 2 aromatic heterocycles. The molecule has 2 aromatic rings. The summed E-state index contributed by atoms with van der Waals surface area (Å²) in [5.41, 5.74) is 2.71. The Kier molecular flexibility index (Phi) is 5.28. The zero-order chi connectivity index (χ0) is 20.6. The Balaban J connectivity index is 1.31. The minimum atomic E-state index is -0.110. The summed E-state index contributed by atoms with van der Waals surface area (Å²) in [5.74, 6) is 1.51. The van der Waals surface area contributed by atoms with Crippen LogP contribution in [0.5, 0.6) is 0 Å². The molecule has 1 atom stereocenters. The minimum Gasteiger partial charge on any atom is -0.378 e. The largest absolute Gasteiger partial charge is 0.378 e. The number of nitrogens with zero attached hydrogens (tertiary/aromatic N) is 7. The van der Waals surface area contributed by atoms with Crippen molar-refractivity contribution in [3.63, 3.8) is 0 Å². The number of thiazole rings is 1. The molecule has 1 N–H and O–H groups in total. The highest BCUT2D eigenvalue weighted by atomic mass is 32.1. The predicted molar refractivity (Wildman–Crippen MR) is 115 cm³/mol. The van der Waals surface area contributed by atoms with Crippen LogP contribution in [0.1, 0.15) is 12.0 Å². The topological polar surface area (TPSA) is 93.4 Å². The van der Waals surface area contributed by atoms with Crippen LogP contribution in [0.3, 0.4) is 0 Å². The van der Waals surface area contributed by atoms with E-state index in [9.17, 15) is 5.26 Å². The number of fused-ring (bicyclic) bond motifs is 1. The maximum absolute atomic E-state index is 9.56. The van der Waals surface area contributed by atoms with Crippen molar-refractivity contribution < 1.29 is 4.74 Å². The Labute approximate surface area is 180 Å². The third-order valence-corrected chi connectivity index (χ3v) is 7.09. The standard InChI is InChI=1S/C20H26N8OS/c1-15-8-23-19(24-17-9-22-14-30-17)25-18(15)27-12-20(13-27,2-3-21)28-5-4-26-6-7-29-11-16(26)10-28/h8-9,14,16H,2,4-7,10-13H2,1H3,(H,23,24,25)/t16-/m1/s1. The molecule has 0 amide bonds. The van der Waals surface area contributed by atoms with Gasteiger partial charge in [0.1, 0.15) is 10.8 Å². The van der Waals surface area contributed by atoms with Crippen molar-refractivity contribution in [2.24, 2.45) is 0 Å². The van der Waals surface area contributed by atoms with E-state index < -0.39 is 0 Å². The highest BCUT2D eigenvalue weighted by Gasteiger charge is 2.50. The van der Waals surface area contributed by atoms with Gasteiger partial charge in [0, 0.05) is 57.1 Å². The molecule has 30 heavy (non-hydrogen) atoms. The van der Waals surface area contributed by atoms with E-state index in [1.165, 1.54) is 11.3 Å². The van der Waals surface area contributed by atoms with Gasteiger partial charge in [0.05, 0.1) is 43.0 Å². The summed E-state index contributed by atoms with van der Waals surface area (Å²) in [7, 11) is 0. The van der Waals surface area contributed by atoms with Crippen LogP contribution in [0.2, 0.25) is 0 Å². The van der Waals surface area contributed by atoms with Crippen LogP contribution < -0.4 is 10.2 Å². The van der Waals surface area contributed by atoms with E-state index in [0.717, 1.165) is 68.9 Å². The first kappa shape index (κ1) is 19.6. The number of morpholine rings is 1. The lowest BCUT2D eigenvalue weighted by Gasteiger charge is -2.59. The zero-order valence-electron chi connectivity index (χ0n) is 17.1. The fourth-order valence-corrected chi connectivity index (χ4v) is 5.27. The zero-order valence-corrected chi connectivity index (χ0v) is 17.9. The van der Waals surface area contributed by atoms with Crippen LogP contribution in [-0.2, 0) is 4.74 Å². The molecule has 0 aliphatic carbocycles. The van der Waals surface area contributed by atoms with Gasteiger partial charge in [-0.15, -0.1) is 11.3 Å². The molecule has 0 bridgehead atoms. The van der Waals surface area contributed by atoms with Gasteiger partial charge in [-0.05, 0) is 6.92 Å². The normalized spacial score (nSPS) is 24.0. The number of hydrogen-bond donors (Lipinski definition) is 1. The first-order chi connectivity index (χ1) is 14.7. The Bertz CT molecular complexity index is 923. The van der Waals surface area contributed by atoms with Crippen molar-refractivity contribution in [1.29, 1.82) is 5.26 Å². The molecule has 3 saturated heterocycles. The molecule has 5 heterocycles. The van der Waals surface area contributed by atoms with Gasteiger partial charge < -0.3 is 15.0 Å². The van der Waals surface area contributed by atoms with Crippen molar-refractivity contribution in [2.75, 3.05) is 62.7 Å². The molecule has 3 aliphatic heterocycles. The van der Waals surface area contributed by atoms with Crippen LogP contribution in [-0.4, -0.2) is 88.8 Å². The smallest absolute Gasteiger partial charge is 0.229 e. The lowest BCUT2D eigenvalue weighted by atomic mass is 9.83. The molecule has 10 heteroatoms. The first-order valence-corrected chi connectivity index (χ1v) is 11.2. The molecular weight excluding hydrogens is 400 g/mol. The fourth-order valence-electron chi connectivity index (χ4n) is 4.76. The van der Waals surface area contributed by atoms with E-state index >= 15 is 0 Å². The number of aromatic nitrogens is 3. The number of ether oxygens (including phenoxy) is 1. The van der Waals surface area contributed by atoms with Gasteiger partial charge >= 0.3 is 0 Å². The number of nitriles is 1. The maximum Gasteiger partial charge on any atom is 0.229 e. The molecule has 0 saturated carbocycles. The summed E-state index contributed by atoms with van der Waals surface area (Å²) in [6, 6.07) is 2.88. The number of nitrogens with one attached hydrogen (secondary N) is 1. The van der Waals surface area contributed by atoms with Gasteiger partial charge in [-0.2, -0.15) is 10.2 Å². The number of rotatable bonds is 5. The van der Waals surface area contributed by atoms with Crippen LogP contribution in [0.25, 0.3) is 0 Å². The molecule has 5 rings (SSSR count). The molecule has 9 nitrogen and oxygen atoms in total. The highest BCUT2D eigenvalue weighted by molar-refractivity contribution is 7.13. The van der Waals surface area contributed by atoms with Gasteiger partial charge in [-0.1, -0.05) is 0 Å². The fraction of sp³-hybridized carbons (Fsp3) is 0.600. The predicted octanol–water partition coefficient (Wildman–Crippen LogP) is 1.47. The average Bonchev–Trinajstić information content (AvgIpc) is 3.25. The van der Waals surface area contributed by atoms with Crippen molar-refractivity contribution in [1.82, 2.24) is 24.8 Å². The summed E-state index contributed by atoms with van der Waals surface area (Å²) in [5, 5.41) is 13.7. The van der Waals surface area contributed by atoms with Crippen molar-refractivity contribution >= 4 is 28.1 Å². The molecule has 0 radical (unpaired) electrons. The molecular formula is C20H26N8OS. The number of piperazine rings is 1. The monoisotopic (exact) mass is 426 g/mol. The van der Waals surface area contributed by atoms with Gasteiger partial charge in [-0.3, -0.25) is 14.8 Å². The van der Waals surface area contributed by atoms with Gasteiger partial charge in [0.15, 0.2) is 0 Å². The number of anilines is 3. The Morgan fingerprint density at radius 3 is 3.03 bits per heavy atom. The van der Waals surface area contributed by atoms with E-state index in [0.29, 0.717) is 18.4 Å².